The number of amides is 1. The number of sulfone groups is 1. The van der Waals surface area contributed by atoms with E-state index in [0.29, 0.717) is 5.13 Å². The molecule has 5 nitrogen and oxygen atoms in total. The van der Waals surface area contributed by atoms with Crippen molar-refractivity contribution in [1.29, 1.82) is 0 Å². The quantitative estimate of drug-likeness (QED) is 0.828. The van der Waals surface area contributed by atoms with Crippen LogP contribution < -0.4 is 5.32 Å². The van der Waals surface area contributed by atoms with Crippen LogP contribution in [0, 0.1) is 0 Å². The molecule has 21 heavy (non-hydrogen) atoms. The van der Waals surface area contributed by atoms with Gasteiger partial charge >= 0.3 is 0 Å². The number of thiazole rings is 1. The number of rotatable bonds is 6. The lowest BCUT2D eigenvalue weighted by atomic mass is 10.2. The number of hydrogen-bond donors (Lipinski definition) is 1. The zero-order valence-electron chi connectivity index (χ0n) is 11.2. The van der Waals surface area contributed by atoms with Crippen LogP contribution in [0.25, 0.3) is 11.3 Å². The second-order valence-electron chi connectivity index (χ2n) is 4.30. The summed E-state index contributed by atoms with van der Waals surface area (Å²) in [6.07, 6.45) is 1.26. The molecule has 0 atom stereocenters. The standard InChI is InChI=1S/C14H14N2O3S2/c1-2-8-21(18,19)10-13(17)16-14-15-12(9-20-14)11-6-4-3-5-7-11/h2-7,9H,1,8,10H2,(H,15,16,17). The Morgan fingerprint density at radius 2 is 2.05 bits per heavy atom. The second kappa shape index (κ2) is 6.64. The first-order valence-electron chi connectivity index (χ1n) is 6.12. The van der Waals surface area contributed by atoms with Crippen molar-refractivity contribution in [2.75, 3.05) is 16.8 Å². The summed E-state index contributed by atoms with van der Waals surface area (Å²) in [6.45, 7) is 3.35. The molecule has 0 saturated carbocycles. The first-order valence-corrected chi connectivity index (χ1v) is 8.82. The molecule has 0 radical (unpaired) electrons. The fourth-order valence-electron chi connectivity index (χ4n) is 1.67. The Bertz CT molecular complexity index is 737. The molecule has 2 rings (SSSR count). The largest absolute Gasteiger partial charge is 0.301 e. The van der Waals surface area contributed by atoms with E-state index < -0.39 is 21.5 Å². The average molecular weight is 322 g/mol. The van der Waals surface area contributed by atoms with Gasteiger partial charge in [-0.2, -0.15) is 0 Å². The molecule has 0 saturated heterocycles. The predicted molar refractivity (Wildman–Crippen MR) is 85.0 cm³/mol. The highest BCUT2D eigenvalue weighted by Gasteiger charge is 2.16. The van der Waals surface area contributed by atoms with Crippen molar-refractivity contribution in [3.05, 3.63) is 48.4 Å². The molecule has 0 fully saturated rings. The van der Waals surface area contributed by atoms with Gasteiger partial charge in [-0.05, 0) is 0 Å². The fraction of sp³-hybridized carbons (Fsp3) is 0.143. The van der Waals surface area contributed by atoms with E-state index in [1.54, 1.807) is 0 Å². The van der Waals surface area contributed by atoms with Crippen LogP contribution in [-0.2, 0) is 14.6 Å². The van der Waals surface area contributed by atoms with E-state index in [1.807, 2.05) is 35.7 Å². The Morgan fingerprint density at radius 1 is 1.33 bits per heavy atom. The summed E-state index contributed by atoms with van der Waals surface area (Å²) in [5, 5.41) is 4.69. The van der Waals surface area contributed by atoms with Crippen LogP contribution in [0.2, 0.25) is 0 Å². The lowest BCUT2D eigenvalue weighted by Gasteiger charge is -2.01. The maximum absolute atomic E-state index is 11.7. The summed E-state index contributed by atoms with van der Waals surface area (Å²) in [5.74, 6) is -1.38. The van der Waals surface area contributed by atoms with Gasteiger partial charge in [0.2, 0.25) is 5.91 Å². The van der Waals surface area contributed by atoms with Crippen molar-refractivity contribution in [2.45, 2.75) is 0 Å². The maximum atomic E-state index is 11.7. The van der Waals surface area contributed by atoms with Crippen molar-refractivity contribution < 1.29 is 13.2 Å². The number of anilines is 1. The van der Waals surface area contributed by atoms with Gasteiger partial charge in [0.25, 0.3) is 0 Å². The Labute approximate surface area is 127 Å². The van der Waals surface area contributed by atoms with Gasteiger partial charge in [0.1, 0.15) is 5.75 Å². The number of carbonyl (C=O) groups excluding carboxylic acids is 1. The molecular formula is C14H14N2O3S2. The van der Waals surface area contributed by atoms with E-state index in [0.717, 1.165) is 11.3 Å². The van der Waals surface area contributed by atoms with E-state index >= 15 is 0 Å². The van der Waals surface area contributed by atoms with E-state index in [9.17, 15) is 13.2 Å². The van der Waals surface area contributed by atoms with Crippen molar-refractivity contribution in [2.24, 2.45) is 0 Å². The minimum Gasteiger partial charge on any atom is -0.301 e. The molecule has 0 bridgehead atoms. The van der Waals surface area contributed by atoms with Crippen LogP contribution in [0.15, 0.2) is 48.4 Å². The lowest BCUT2D eigenvalue weighted by molar-refractivity contribution is -0.113. The Kier molecular flexibility index (Phi) is 4.87. The molecule has 0 aliphatic carbocycles. The van der Waals surface area contributed by atoms with Gasteiger partial charge in [-0.3, -0.25) is 4.79 Å². The van der Waals surface area contributed by atoms with Crippen molar-refractivity contribution in [3.8, 4) is 11.3 Å². The number of aromatic nitrogens is 1. The summed E-state index contributed by atoms with van der Waals surface area (Å²) in [6, 6.07) is 9.52. The van der Waals surface area contributed by atoms with Crippen LogP contribution in [0.1, 0.15) is 0 Å². The summed E-state index contributed by atoms with van der Waals surface area (Å²) < 4.78 is 23.0. The van der Waals surface area contributed by atoms with Crippen LogP contribution >= 0.6 is 11.3 Å². The summed E-state index contributed by atoms with van der Waals surface area (Å²) >= 11 is 1.25. The molecular weight excluding hydrogens is 308 g/mol. The topological polar surface area (TPSA) is 76.1 Å². The highest BCUT2D eigenvalue weighted by molar-refractivity contribution is 7.92. The highest BCUT2D eigenvalue weighted by Crippen LogP contribution is 2.24. The molecule has 1 N–H and O–H groups in total. The van der Waals surface area contributed by atoms with Gasteiger partial charge < -0.3 is 5.32 Å². The summed E-state index contributed by atoms with van der Waals surface area (Å²) in [4.78, 5) is 16.0. The predicted octanol–water partition coefficient (Wildman–Crippen LogP) is 2.35. The SMILES string of the molecule is C=CCS(=O)(=O)CC(=O)Nc1nc(-c2ccccc2)cs1. The van der Waals surface area contributed by atoms with E-state index in [1.165, 1.54) is 17.4 Å². The molecule has 1 heterocycles. The van der Waals surface area contributed by atoms with Gasteiger partial charge in [0.15, 0.2) is 15.0 Å². The molecule has 0 unspecified atom stereocenters. The van der Waals surface area contributed by atoms with E-state index in [-0.39, 0.29) is 5.75 Å². The van der Waals surface area contributed by atoms with Crippen LogP contribution in [0.3, 0.4) is 0 Å². The smallest absolute Gasteiger partial charge is 0.241 e. The van der Waals surface area contributed by atoms with Crippen molar-refractivity contribution in [1.82, 2.24) is 4.98 Å². The molecule has 7 heteroatoms. The first-order chi connectivity index (χ1) is 10.00. The fourth-order valence-corrected chi connectivity index (χ4v) is 3.35. The third kappa shape index (κ3) is 4.51. The minimum atomic E-state index is -3.45. The molecule has 0 aliphatic heterocycles. The van der Waals surface area contributed by atoms with Gasteiger partial charge in [-0.25, -0.2) is 13.4 Å². The molecule has 110 valence electrons. The normalized spacial score (nSPS) is 11.0. The van der Waals surface area contributed by atoms with Crippen LogP contribution in [-0.4, -0.2) is 30.8 Å². The maximum Gasteiger partial charge on any atom is 0.241 e. The Hall–Kier alpha value is -1.99. The van der Waals surface area contributed by atoms with Crippen molar-refractivity contribution >= 4 is 32.2 Å². The average Bonchev–Trinajstić information content (AvgIpc) is 2.87. The number of nitrogens with one attached hydrogen (secondary N) is 1. The zero-order valence-corrected chi connectivity index (χ0v) is 12.8. The summed E-state index contributed by atoms with van der Waals surface area (Å²) in [7, 11) is -3.45. The first kappa shape index (κ1) is 15.4. The zero-order chi connectivity index (χ0) is 15.3. The molecule has 1 aromatic heterocycles. The van der Waals surface area contributed by atoms with Gasteiger partial charge in [-0.1, -0.05) is 36.4 Å². The lowest BCUT2D eigenvalue weighted by Crippen LogP contribution is -2.24. The summed E-state index contributed by atoms with van der Waals surface area (Å²) in [5.41, 5.74) is 1.68. The molecule has 1 aromatic carbocycles. The minimum absolute atomic E-state index is 0.215. The van der Waals surface area contributed by atoms with Crippen molar-refractivity contribution in [3.63, 3.8) is 0 Å². The molecule has 2 aromatic rings. The monoisotopic (exact) mass is 322 g/mol. The third-order valence-electron chi connectivity index (χ3n) is 2.54. The van der Waals surface area contributed by atoms with Crippen LogP contribution in [0.5, 0.6) is 0 Å². The number of carbonyl (C=O) groups is 1. The molecule has 0 spiro atoms. The van der Waals surface area contributed by atoms with E-state index in [2.05, 4.69) is 16.9 Å². The Balaban J connectivity index is 2.03. The van der Waals surface area contributed by atoms with Crippen LogP contribution in [0.4, 0.5) is 5.13 Å². The number of nitrogens with zero attached hydrogens (tertiary/aromatic N) is 1. The number of hydrogen-bond acceptors (Lipinski definition) is 5. The number of benzene rings is 1. The second-order valence-corrected chi connectivity index (χ2v) is 7.26. The van der Waals surface area contributed by atoms with Gasteiger partial charge in [-0.15, -0.1) is 17.9 Å². The van der Waals surface area contributed by atoms with Gasteiger partial charge in [0.05, 0.1) is 11.4 Å². The van der Waals surface area contributed by atoms with Gasteiger partial charge in [0, 0.05) is 10.9 Å². The Morgan fingerprint density at radius 3 is 2.71 bits per heavy atom. The molecule has 1 amide bonds. The molecule has 0 aliphatic rings. The van der Waals surface area contributed by atoms with E-state index in [4.69, 9.17) is 0 Å². The third-order valence-corrected chi connectivity index (χ3v) is 4.75. The highest BCUT2D eigenvalue weighted by atomic mass is 32.2.